The number of ether oxygens (including phenoxy) is 2. The summed E-state index contributed by atoms with van der Waals surface area (Å²) in [5, 5.41) is 12.4. The van der Waals surface area contributed by atoms with Gasteiger partial charge >= 0.3 is 12.1 Å². The van der Waals surface area contributed by atoms with Crippen LogP contribution in [0, 0.1) is 11.3 Å². The summed E-state index contributed by atoms with van der Waals surface area (Å²) >= 11 is 0. The van der Waals surface area contributed by atoms with E-state index in [1.54, 1.807) is 20.8 Å². The number of carboxylic acid groups (broad SMARTS) is 1. The van der Waals surface area contributed by atoms with E-state index >= 15 is 0 Å². The predicted octanol–water partition coefficient (Wildman–Crippen LogP) is 3.44. The Morgan fingerprint density at radius 3 is 2.26 bits per heavy atom. The highest BCUT2D eigenvalue weighted by Gasteiger charge is 2.39. The molecule has 2 N–H and O–H groups in total. The smallest absolute Gasteiger partial charge is 0.407 e. The van der Waals surface area contributed by atoms with Gasteiger partial charge in [-0.05, 0) is 52.9 Å². The zero-order valence-corrected chi connectivity index (χ0v) is 15.4. The Labute approximate surface area is 139 Å². The molecule has 6 nitrogen and oxygen atoms in total. The molecule has 23 heavy (non-hydrogen) atoms. The van der Waals surface area contributed by atoms with Crippen molar-refractivity contribution in [1.29, 1.82) is 0 Å². The van der Waals surface area contributed by atoms with E-state index in [1.807, 2.05) is 20.8 Å². The zero-order valence-electron chi connectivity index (χ0n) is 15.4. The van der Waals surface area contributed by atoms with Crippen LogP contribution in [0.2, 0.25) is 0 Å². The van der Waals surface area contributed by atoms with E-state index in [0.717, 1.165) is 0 Å². The average molecular weight is 331 g/mol. The van der Waals surface area contributed by atoms with E-state index in [4.69, 9.17) is 9.47 Å². The molecule has 1 unspecified atom stereocenters. The third-order valence-electron chi connectivity index (χ3n) is 3.37. The lowest BCUT2D eigenvalue weighted by Gasteiger charge is -2.32. The van der Waals surface area contributed by atoms with Gasteiger partial charge in [-0.1, -0.05) is 13.8 Å². The largest absolute Gasteiger partial charge is 0.481 e. The quantitative estimate of drug-likeness (QED) is 0.599. The second kappa shape index (κ2) is 9.75. The fraction of sp³-hybridized carbons (Fsp3) is 0.882. The third kappa shape index (κ3) is 9.43. The van der Waals surface area contributed by atoms with E-state index in [0.29, 0.717) is 32.5 Å². The summed E-state index contributed by atoms with van der Waals surface area (Å²) in [6, 6.07) is 0. The van der Waals surface area contributed by atoms with Crippen LogP contribution in [-0.4, -0.2) is 42.5 Å². The zero-order chi connectivity index (χ0) is 18.1. The molecule has 0 aromatic carbocycles. The Hall–Kier alpha value is -1.30. The number of aliphatic carboxylic acids is 1. The number of alkyl carbamates (subject to hydrolysis) is 1. The first-order valence-electron chi connectivity index (χ1n) is 8.30. The first-order valence-corrected chi connectivity index (χ1v) is 8.30. The molecule has 0 aromatic rings. The minimum absolute atomic E-state index is 0.0571. The lowest BCUT2D eigenvalue weighted by atomic mass is 9.76. The van der Waals surface area contributed by atoms with Crippen molar-refractivity contribution in [2.75, 3.05) is 19.8 Å². The lowest BCUT2D eigenvalue weighted by Crippen LogP contribution is -2.45. The van der Waals surface area contributed by atoms with Crippen molar-refractivity contribution in [3.8, 4) is 0 Å². The summed E-state index contributed by atoms with van der Waals surface area (Å²) in [4.78, 5) is 23.7. The van der Waals surface area contributed by atoms with Crippen molar-refractivity contribution in [3.63, 3.8) is 0 Å². The van der Waals surface area contributed by atoms with Gasteiger partial charge in [0.1, 0.15) is 5.60 Å². The summed E-state index contributed by atoms with van der Waals surface area (Å²) in [5.41, 5.74) is -1.61. The van der Waals surface area contributed by atoms with Crippen LogP contribution in [0.4, 0.5) is 4.79 Å². The van der Waals surface area contributed by atoms with Gasteiger partial charge in [-0.2, -0.15) is 0 Å². The highest BCUT2D eigenvalue weighted by atomic mass is 16.6. The summed E-state index contributed by atoms with van der Waals surface area (Å²) < 4.78 is 10.5. The normalized spacial score (nSPS) is 14.4. The molecule has 0 heterocycles. The summed E-state index contributed by atoms with van der Waals surface area (Å²) in [6.07, 6.45) is 1.00. The van der Waals surface area contributed by atoms with Crippen LogP contribution >= 0.6 is 0 Å². The standard InChI is InChI=1S/C17H33NO5/c1-7-22-10-8-9-17(14(19)20,11-13(2)3)12-18-15(21)23-16(4,5)6/h13H,7-12H2,1-6H3,(H,18,21)(H,19,20). The molecule has 0 spiro atoms. The van der Waals surface area contributed by atoms with Crippen molar-refractivity contribution >= 4 is 12.1 Å². The molecule has 0 aliphatic carbocycles. The number of nitrogens with one attached hydrogen (secondary N) is 1. The number of hydrogen-bond donors (Lipinski definition) is 2. The summed E-state index contributed by atoms with van der Waals surface area (Å²) in [7, 11) is 0. The van der Waals surface area contributed by atoms with E-state index in [2.05, 4.69) is 5.32 Å². The van der Waals surface area contributed by atoms with Crippen LogP contribution in [0.3, 0.4) is 0 Å². The summed E-state index contributed by atoms with van der Waals surface area (Å²) in [5.74, 6) is -0.683. The van der Waals surface area contributed by atoms with Crippen LogP contribution in [-0.2, 0) is 14.3 Å². The van der Waals surface area contributed by atoms with Crippen molar-refractivity contribution in [3.05, 3.63) is 0 Å². The minimum Gasteiger partial charge on any atom is -0.481 e. The molecule has 1 amide bonds. The second-order valence-electron chi connectivity index (χ2n) is 7.34. The fourth-order valence-corrected chi connectivity index (χ4v) is 2.53. The number of carbonyl (C=O) groups is 2. The molecular formula is C17H33NO5. The first-order chi connectivity index (χ1) is 10.5. The maximum Gasteiger partial charge on any atom is 0.407 e. The van der Waals surface area contributed by atoms with E-state index < -0.39 is 23.1 Å². The molecule has 6 heteroatoms. The number of amides is 1. The minimum atomic E-state index is -0.998. The van der Waals surface area contributed by atoms with Gasteiger partial charge in [-0.15, -0.1) is 0 Å². The van der Waals surface area contributed by atoms with Crippen molar-refractivity contribution in [2.24, 2.45) is 11.3 Å². The van der Waals surface area contributed by atoms with E-state index in [1.165, 1.54) is 0 Å². The molecule has 0 bridgehead atoms. The SMILES string of the molecule is CCOCCCC(CNC(=O)OC(C)(C)C)(CC(C)C)C(=O)O. The molecule has 0 radical (unpaired) electrons. The molecule has 136 valence electrons. The summed E-state index contributed by atoms with van der Waals surface area (Å²) in [6.45, 7) is 12.4. The number of carboxylic acids is 1. The Morgan fingerprint density at radius 1 is 1.22 bits per heavy atom. The Bertz CT molecular complexity index is 376. The number of carbonyl (C=O) groups excluding carboxylic acids is 1. The molecule has 0 fully saturated rings. The molecule has 0 aliphatic heterocycles. The topological polar surface area (TPSA) is 84.9 Å². The molecule has 0 saturated heterocycles. The molecule has 1 atom stereocenters. The number of rotatable bonds is 10. The van der Waals surface area contributed by atoms with Crippen molar-refractivity contribution < 1.29 is 24.2 Å². The molecular weight excluding hydrogens is 298 g/mol. The van der Waals surface area contributed by atoms with Gasteiger partial charge in [-0.25, -0.2) is 4.79 Å². The molecule has 0 aliphatic rings. The van der Waals surface area contributed by atoms with Crippen LogP contribution < -0.4 is 5.32 Å². The predicted molar refractivity (Wildman–Crippen MR) is 89.5 cm³/mol. The Morgan fingerprint density at radius 2 is 1.83 bits per heavy atom. The third-order valence-corrected chi connectivity index (χ3v) is 3.37. The monoisotopic (exact) mass is 331 g/mol. The van der Waals surface area contributed by atoms with Crippen molar-refractivity contribution in [1.82, 2.24) is 5.32 Å². The van der Waals surface area contributed by atoms with Crippen molar-refractivity contribution in [2.45, 2.75) is 66.4 Å². The highest BCUT2D eigenvalue weighted by Crippen LogP contribution is 2.32. The van der Waals surface area contributed by atoms with Gasteiger partial charge < -0.3 is 19.9 Å². The van der Waals surface area contributed by atoms with Crippen LogP contribution in [0.25, 0.3) is 0 Å². The van der Waals surface area contributed by atoms with Gasteiger partial charge in [0.05, 0.1) is 5.41 Å². The van der Waals surface area contributed by atoms with Gasteiger partial charge in [0.15, 0.2) is 0 Å². The fourth-order valence-electron chi connectivity index (χ4n) is 2.53. The van der Waals surface area contributed by atoms with E-state index in [9.17, 15) is 14.7 Å². The van der Waals surface area contributed by atoms with Crippen LogP contribution in [0.15, 0.2) is 0 Å². The van der Waals surface area contributed by atoms with Gasteiger partial charge in [0.2, 0.25) is 0 Å². The molecule has 0 rings (SSSR count). The van der Waals surface area contributed by atoms with Gasteiger partial charge in [0, 0.05) is 19.8 Å². The molecule has 0 saturated carbocycles. The first kappa shape index (κ1) is 21.7. The van der Waals surface area contributed by atoms with E-state index in [-0.39, 0.29) is 12.5 Å². The molecule has 0 aromatic heterocycles. The Kier molecular flexibility index (Phi) is 9.20. The van der Waals surface area contributed by atoms with Crippen LogP contribution in [0.1, 0.15) is 60.8 Å². The second-order valence-corrected chi connectivity index (χ2v) is 7.34. The lowest BCUT2D eigenvalue weighted by molar-refractivity contribution is -0.150. The van der Waals surface area contributed by atoms with Gasteiger partial charge in [0.25, 0.3) is 0 Å². The maximum absolute atomic E-state index is 11.9. The number of hydrogen-bond acceptors (Lipinski definition) is 4. The van der Waals surface area contributed by atoms with Crippen LogP contribution in [0.5, 0.6) is 0 Å². The highest BCUT2D eigenvalue weighted by molar-refractivity contribution is 5.76. The average Bonchev–Trinajstić information content (AvgIpc) is 2.38. The Balaban J connectivity index is 4.87. The maximum atomic E-state index is 11.9. The van der Waals surface area contributed by atoms with Gasteiger partial charge in [-0.3, -0.25) is 4.79 Å².